The van der Waals surface area contributed by atoms with Crippen LogP contribution in [0.25, 0.3) is 33.9 Å². The predicted octanol–water partition coefficient (Wildman–Crippen LogP) is 6.32. The number of nitrogens with zero attached hydrogens (tertiary/aromatic N) is 3. The molecule has 3 aromatic carbocycles. The minimum absolute atomic E-state index is 0.318. The van der Waals surface area contributed by atoms with Crippen LogP contribution in [0.3, 0.4) is 0 Å². The summed E-state index contributed by atoms with van der Waals surface area (Å²) in [4.78, 5) is 23.2. The smallest absolute Gasteiger partial charge is 0.325 e. The van der Waals surface area contributed by atoms with Crippen molar-refractivity contribution in [1.29, 1.82) is 0 Å². The first-order valence-corrected chi connectivity index (χ1v) is 17.1. The second-order valence-corrected chi connectivity index (χ2v) is 13.5. The van der Waals surface area contributed by atoms with Crippen LogP contribution in [0.2, 0.25) is 0 Å². The summed E-state index contributed by atoms with van der Waals surface area (Å²) in [5, 5.41) is 26.9. The number of ether oxygens (including phenoxy) is 2. The number of rotatable bonds is 13. The summed E-state index contributed by atoms with van der Waals surface area (Å²) < 4.78 is 26.2. The first-order chi connectivity index (χ1) is 25.0. The van der Waals surface area contributed by atoms with Crippen LogP contribution in [0.4, 0.5) is 15.9 Å². The van der Waals surface area contributed by atoms with Crippen molar-refractivity contribution >= 4 is 40.3 Å². The second-order valence-electron chi connectivity index (χ2n) is 13.5. The van der Waals surface area contributed by atoms with Crippen LogP contribution in [0.15, 0.2) is 79.1 Å². The first-order valence-electron chi connectivity index (χ1n) is 17.1. The number of aliphatic hydroxyl groups is 2. The molecule has 5 aromatic rings. The van der Waals surface area contributed by atoms with Crippen LogP contribution in [0.1, 0.15) is 40.3 Å². The van der Waals surface area contributed by atoms with Crippen LogP contribution < -0.4 is 15.4 Å². The molecule has 270 valence electrons. The maximum absolute atomic E-state index is 15.8. The number of halogens is 1. The summed E-state index contributed by atoms with van der Waals surface area (Å²) in [5.74, 6) is 0.300. The van der Waals surface area contributed by atoms with Gasteiger partial charge in [0.15, 0.2) is 5.82 Å². The van der Waals surface area contributed by atoms with Gasteiger partial charge in [0.05, 0.1) is 26.4 Å². The molecule has 1 saturated heterocycles. The molecule has 1 atom stereocenters. The zero-order chi connectivity index (χ0) is 37.0. The maximum atomic E-state index is 15.8. The number of β-amino-alcohol motifs (C(OH)–C–C–N with tert-alkyl or cyclic N) is 1. The van der Waals surface area contributed by atoms with E-state index in [0.717, 1.165) is 50.0 Å². The fourth-order valence-corrected chi connectivity index (χ4v) is 6.70. The Hall–Kier alpha value is -5.20. The zero-order valence-electron chi connectivity index (χ0n) is 30.0. The number of methoxy groups -OCH3 is 2. The fraction of sp³-hybridized carbons (Fsp3) is 0.293. The van der Waals surface area contributed by atoms with Crippen LogP contribution in [0.5, 0.6) is 5.75 Å². The van der Waals surface area contributed by atoms with Gasteiger partial charge >= 0.3 is 5.97 Å². The average Bonchev–Trinajstić information content (AvgIpc) is 3.13. The number of hydrogen-bond donors (Lipinski definition) is 4. The van der Waals surface area contributed by atoms with Gasteiger partial charge in [0.2, 0.25) is 0 Å². The minimum atomic E-state index is -0.826. The first kappa shape index (κ1) is 36.6. The van der Waals surface area contributed by atoms with Crippen molar-refractivity contribution in [1.82, 2.24) is 20.2 Å². The Morgan fingerprint density at radius 2 is 1.79 bits per heavy atom. The largest absolute Gasteiger partial charge is 0.496 e. The van der Waals surface area contributed by atoms with Crippen LogP contribution in [-0.4, -0.2) is 76.6 Å². The van der Waals surface area contributed by atoms with Gasteiger partial charge in [-0.3, -0.25) is 20.0 Å². The summed E-state index contributed by atoms with van der Waals surface area (Å²) in [7, 11) is 2.87. The molecule has 1 aliphatic heterocycles. The van der Waals surface area contributed by atoms with E-state index in [9.17, 15) is 15.0 Å². The van der Waals surface area contributed by atoms with Gasteiger partial charge in [0.1, 0.15) is 23.1 Å². The Labute approximate surface area is 303 Å². The molecule has 4 N–H and O–H groups in total. The number of esters is 1. The van der Waals surface area contributed by atoms with E-state index in [1.165, 1.54) is 7.11 Å². The Bertz CT molecular complexity index is 2130. The van der Waals surface area contributed by atoms with Crippen molar-refractivity contribution < 1.29 is 28.9 Å². The SMILES string of the molecule is COC(=O)[C@@H](CO)NCc1cnc2c(Nc3cccc(-c4cccc(/C=C(\F)c5ccc(CN6CC(C)(O)C6)c(OC)c5)c4C)c3C)nccc2c1. The van der Waals surface area contributed by atoms with Gasteiger partial charge in [0, 0.05) is 60.8 Å². The van der Waals surface area contributed by atoms with Gasteiger partial charge in [-0.2, -0.15) is 0 Å². The van der Waals surface area contributed by atoms with E-state index < -0.39 is 17.6 Å². The minimum Gasteiger partial charge on any atom is -0.496 e. The molecular weight excluding hydrogens is 661 g/mol. The number of likely N-dealkylation sites (tertiary alicyclic amines) is 1. The third kappa shape index (κ3) is 7.98. The van der Waals surface area contributed by atoms with E-state index in [1.807, 2.05) is 69.3 Å². The average molecular weight is 706 g/mol. The van der Waals surface area contributed by atoms with E-state index in [2.05, 4.69) is 31.6 Å². The third-order valence-corrected chi connectivity index (χ3v) is 9.50. The van der Waals surface area contributed by atoms with Gasteiger partial charge in [-0.1, -0.05) is 42.5 Å². The highest BCUT2D eigenvalue weighted by Gasteiger charge is 2.36. The number of anilines is 2. The number of carbonyl (C=O) groups is 1. The summed E-state index contributed by atoms with van der Waals surface area (Å²) in [6.45, 7) is 7.60. The molecule has 10 nitrogen and oxygen atoms in total. The topological polar surface area (TPSA) is 129 Å². The summed E-state index contributed by atoms with van der Waals surface area (Å²) in [6.07, 6.45) is 4.98. The van der Waals surface area contributed by atoms with Crippen molar-refractivity contribution in [3.05, 3.63) is 113 Å². The number of aromatic nitrogens is 2. The molecule has 0 saturated carbocycles. The van der Waals surface area contributed by atoms with E-state index in [-0.39, 0.29) is 12.4 Å². The Morgan fingerprint density at radius 1 is 1.04 bits per heavy atom. The molecule has 3 heterocycles. The zero-order valence-corrected chi connectivity index (χ0v) is 30.0. The van der Waals surface area contributed by atoms with E-state index in [4.69, 9.17) is 9.47 Å². The number of carbonyl (C=O) groups excluding carboxylic acids is 1. The molecule has 0 bridgehead atoms. The van der Waals surface area contributed by atoms with Gasteiger partial charge in [-0.05, 0) is 84.5 Å². The van der Waals surface area contributed by atoms with Gasteiger partial charge in [-0.25, -0.2) is 9.37 Å². The molecule has 0 unspecified atom stereocenters. The summed E-state index contributed by atoms with van der Waals surface area (Å²) in [6, 6.07) is 20.3. The molecule has 1 aliphatic rings. The van der Waals surface area contributed by atoms with Crippen molar-refractivity contribution in [2.75, 3.05) is 39.2 Å². The molecule has 0 spiro atoms. The van der Waals surface area contributed by atoms with Crippen molar-refractivity contribution in [3.63, 3.8) is 0 Å². The van der Waals surface area contributed by atoms with E-state index in [0.29, 0.717) is 48.8 Å². The molecule has 0 amide bonds. The highest BCUT2D eigenvalue weighted by molar-refractivity contribution is 5.91. The Kier molecular flexibility index (Phi) is 11.0. The van der Waals surface area contributed by atoms with Gasteiger partial charge in [0.25, 0.3) is 0 Å². The molecule has 1 fully saturated rings. The highest BCUT2D eigenvalue weighted by atomic mass is 19.1. The Balaban J connectivity index is 1.22. The van der Waals surface area contributed by atoms with E-state index >= 15 is 4.39 Å². The number of aliphatic hydroxyl groups excluding tert-OH is 1. The maximum Gasteiger partial charge on any atom is 0.325 e. The number of pyridine rings is 2. The lowest BCUT2D eigenvalue weighted by atomic mass is 9.92. The second kappa shape index (κ2) is 15.6. The molecule has 52 heavy (non-hydrogen) atoms. The van der Waals surface area contributed by atoms with Crippen LogP contribution in [-0.2, 0) is 22.6 Å². The number of fused-ring (bicyclic) bond motifs is 1. The monoisotopic (exact) mass is 705 g/mol. The predicted molar refractivity (Wildman–Crippen MR) is 202 cm³/mol. The van der Waals surface area contributed by atoms with Gasteiger partial charge in [-0.15, -0.1) is 0 Å². The molecule has 11 heteroatoms. The Morgan fingerprint density at radius 3 is 2.50 bits per heavy atom. The lowest BCUT2D eigenvalue weighted by Gasteiger charge is -2.44. The van der Waals surface area contributed by atoms with E-state index in [1.54, 1.807) is 37.7 Å². The number of hydrogen-bond acceptors (Lipinski definition) is 10. The van der Waals surface area contributed by atoms with Crippen LogP contribution >= 0.6 is 0 Å². The summed E-state index contributed by atoms with van der Waals surface area (Å²) >= 11 is 0. The summed E-state index contributed by atoms with van der Waals surface area (Å²) in [5.41, 5.74) is 7.76. The highest BCUT2D eigenvalue weighted by Crippen LogP contribution is 2.36. The standard InChI is InChI=1S/C41H44FN5O5/c1-25-28(17-34(42)29-12-13-31(37(18-29)51-4)21-47-23-41(3,50)24-47)8-6-9-32(25)33-10-7-11-35(26(33)2)46-39-38-30(14-15-43-39)16-27(20-45-38)19-44-36(22-48)40(49)52-5/h6-18,20,36,44,48,50H,19,21-24H2,1-5H3,(H,43,46)/b34-17-/t36-/m1/s1. The normalized spacial score (nSPS) is 14.9. The molecule has 0 aliphatic carbocycles. The van der Waals surface area contributed by atoms with Crippen molar-refractivity contribution in [3.8, 4) is 16.9 Å². The quantitative estimate of drug-likeness (QED) is 0.0816. The third-order valence-electron chi connectivity index (χ3n) is 9.50. The lowest BCUT2D eigenvalue weighted by molar-refractivity contribution is -0.144. The molecule has 2 aromatic heterocycles. The molecule has 6 rings (SSSR count). The molecule has 0 radical (unpaired) electrons. The van der Waals surface area contributed by atoms with Crippen molar-refractivity contribution in [2.45, 2.75) is 45.5 Å². The lowest BCUT2D eigenvalue weighted by Crippen LogP contribution is -2.59. The van der Waals surface area contributed by atoms with Gasteiger partial charge < -0.3 is 25.0 Å². The number of nitrogens with one attached hydrogen (secondary N) is 2. The van der Waals surface area contributed by atoms with Crippen LogP contribution in [0, 0.1) is 13.8 Å². The van der Waals surface area contributed by atoms with Crippen molar-refractivity contribution in [2.24, 2.45) is 0 Å². The number of benzene rings is 3. The molecular formula is C41H44FN5O5. The fourth-order valence-electron chi connectivity index (χ4n) is 6.70.